The van der Waals surface area contributed by atoms with Crippen molar-refractivity contribution >= 4 is 5.91 Å². The standard InChI is InChI=1S/C18H20N2O4/c21-17(16-4-2-8-22-16)20-7-5-18(13-20)9-15(12-24-18)23-11-14-3-1-6-19-10-14/h1-4,6,8,10,15H,5,7,9,11-13H2/t15-,18-/m1/s1. The van der Waals surface area contributed by atoms with Gasteiger partial charge in [0, 0.05) is 25.4 Å². The summed E-state index contributed by atoms with van der Waals surface area (Å²) in [6.07, 6.45) is 6.80. The molecule has 0 unspecified atom stereocenters. The minimum Gasteiger partial charge on any atom is -0.459 e. The highest BCUT2D eigenvalue weighted by atomic mass is 16.6. The van der Waals surface area contributed by atoms with Crippen LogP contribution >= 0.6 is 0 Å². The fourth-order valence-corrected chi connectivity index (χ4v) is 3.47. The van der Waals surface area contributed by atoms with Crippen LogP contribution in [0.25, 0.3) is 0 Å². The summed E-state index contributed by atoms with van der Waals surface area (Å²) in [5.74, 6) is 0.314. The molecule has 2 aromatic heterocycles. The monoisotopic (exact) mass is 328 g/mol. The maximum absolute atomic E-state index is 12.4. The van der Waals surface area contributed by atoms with Crippen LogP contribution in [0.5, 0.6) is 0 Å². The summed E-state index contributed by atoms with van der Waals surface area (Å²) in [6, 6.07) is 7.33. The molecule has 1 spiro atoms. The van der Waals surface area contributed by atoms with Crippen molar-refractivity contribution in [3.05, 3.63) is 54.2 Å². The third-order valence-electron chi connectivity index (χ3n) is 4.72. The van der Waals surface area contributed by atoms with E-state index in [0.717, 1.165) is 18.4 Å². The Hall–Kier alpha value is -2.18. The van der Waals surface area contributed by atoms with Crippen molar-refractivity contribution in [2.45, 2.75) is 31.2 Å². The Morgan fingerprint density at radius 3 is 3.17 bits per heavy atom. The van der Waals surface area contributed by atoms with E-state index >= 15 is 0 Å². The second kappa shape index (κ2) is 6.37. The van der Waals surface area contributed by atoms with E-state index in [2.05, 4.69) is 4.98 Å². The average molecular weight is 328 g/mol. The molecule has 0 N–H and O–H groups in total. The van der Waals surface area contributed by atoms with Crippen molar-refractivity contribution in [1.29, 1.82) is 0 Å². The number of nitrogens with zero attached hydrogens (tertiary/aromatic N) is 2. The highest BCUT2D eigenvalue weighted by Crippen LogP contribution is 2.37. The van der Waals surface area contributed by atoms with Crippen LogP contribution in [-0.2, 0) is 16.1 Å². The Bertz CT molecular complexity index is 688. The third-order valence-corrected chi connectivity index (χ3v) is 4.72. The van der Waals surface area contributed by atoms with E-state index in [9.17, 15) is 4.79 Å². The lowest BCUT2D eigenvalue weighted by Gasteiger charge is -2.22. The van der Waals surface area contributed by atoms with E-state index in [1.165, 1.54) is 6.26 Å². The molecule has 2 saturated heterocycles. The van der Waals surface area contributed by atoms with Crippen LogP contribution in [0.3, 0.4) is 0 Å². The predicted octanol–water partition coefficient (Wildman–Crippen LogP) is 2.27. The minimum atomic E-state index is -0.276. The lowest BCUT2D eigenvalue weighted by atomic mass is 9.98. The molecular formula is C18H20N2O4. The van der Waals surface area contributed by atoms with Gasteiger partial charge < -0.3 is 18.8 Å². The molecule has 4 rings (SSSR count). The lowest BCUT2D eigenvalue weighted by Crippen LogP contribution is -2.36. The molecule has 2 aromatic rings. The third kappa shape index (κ3) is 3.07. The maximum Gasteiger partial charge on any atom is 0.289 e. The van der Waals surface area contributed by atoms with Gasteiger partial charge >= 0.3 is 0 Å². The molecule has 2 aliphatic heterocycles. The van der Waals surface area contributed by atoms with Crippen LogP contribution in [-0.4, -0.2) is 47.2 Å². The molecule has 4 heterocycles. The molecule has 0 bridgehead atoms. The van der Waals surface area contributed by atoms with Gasteiger partial charge in [-0.05, 0) is 30.2 Å². The maximum atomic E-state index is 12.4. The van der Waals surface area contributed by atoms with Crippen molar-refractivity contribution in [2.75, 3.05) is 19.7 Å². The Morgan fingerprint density at radius 1 is 1.42 bits per heavy atom. The van der Waals surface area contributed by atoms with Gasteiger partial charge in [-0.2, -0.15) is 0 Å². The number of carbonyl (C=O) groups is 1. The van der Waals surface area contributed by atoms with Crippen molar-refractivity contribution in [2.24, 2.45) is 0 Å². The molecule has 1 amide bonds. The number of rotatable bonds is 4. The van der Waals surface area contributed by atoms with Gasteiger partial charge in [0.2, 0.25) is 0 Å². The number of amides is 1. The van der Waals surface area contributed by atoms with Crippen LogP contribution in [0, 0.1) is 0 Å². The number of pyridine rings is 1. The SMILES string of the molecule is O=C(c1ccco1)N1CC[C@@]2(C[C@@H](OCc3cccnc3)CO2)C1. The summed E-state index contributed by atoms with van der Waals surface area (Å²) in [4.78, 5) is 18.3. The smallest absolute Gasteiger partial charge is 0.289 e. The number of hydrogen-bond acceptors (Lipinski definition) is 5. The van der Waals surface area contributed by atoms with Gasteiger partial charge in [-0.15, -0.1) is 0 Å². The molecule has 0 radical (unpaired) electrons. The molecule has 0 aliphatic carbocycles. The highest BCUT2D eigenvalue weighted by Gasteiger charge is 2.47. The predicted molar refractivity (Wildman–Crippen MR) is 85.3 cm³/mol. The second-order valence-corrected chi connectivity index (χ2v) is 6.45. The van der Waals surface area contributed by atoms with Gasteiger partial charge in [-0.3, -0.25) is 9.78 Å². The first-order valence-corrected chi connectivity index (χ1v) is 8.21. The topological polar surface area (TPSA) is 64.8 Å². The second-order valence-electron chi connectivity index (χ2n) is 6.45. The average Bonchev–Trinajstić information content (AvgIpc) is 3.36. The van der Waals surface area contributed by atoms with E-state index in [-0.39, 0.29) is 17.6 Å². The molecule has 2 aliphatic rings. The van der Waals surface area contributed by atoms with Gasteiger partial charge in [0.05, 0.1) is 37.7 Å². The van der Waals surface area contributed by atoms with Gasteiger partial charge in [-0.25, -0.2) is 0 Å². The van der Waals surface area contributed by atoms with Crippen LogP contribution < -0.4 is 0 Å². The molecule has 6 heteroatoms. The first-order chi connectivity index (χ1) is 11.7. The van der Waals surface area contributed by atoms with E-state index in [1.54, 1.807) is 18.3 Å². The summed E-state index contributed by atoms with van der Waals surface area (Å²) in [6.45, 7) is 2.39. The zero-order valence-corrected chi connectivity index (χ0v) is 13.4. The molecular weight excluding hydrogens is 308 g/mol. The van der Waals surface area contributed by atoms with Crippen molar-refractivity contribution in [3.8, 4) is 0 Å². The van der Waals surface area contributed by atoms with Crippen LogP contribution in [0.4, 0.5) is 0 Å². The number of furan rings is 1. The molecule has 0 aromatic carbocycles. The van der Waals surface area contributed by atoms with Crippen LogP contribution in [0.2, 0.25) is 0 Å². The summed E-state index contributed by atoms with van der Waals surface area (Å²) >= 11 is 0. The van der Waals surface area contributed by atoms with Gasteiger partial charge in [0.25, 0.3) is 5.91 Å². The zero-order chi connectivity index (χ0) is 16.4. The van der Waals surface area contributed by atoms with Crippen molar-refractivity contribution < 1.29 is 18.7 Å². The number of likely N-dealkylation sites (tertiary alicyclic amines) is 1. The molecule has 2 atom stereocenters. The van der Waals surface area contributed by atoms with E-state index in [0.29, 0.717) is 32.1 Å². The summed E-state index contributed by atoms with van der Waals surface area (Å²) in [7, 11) is 0. The summed E-state index contributed by atoms with van der Waals surface area (Å²) < 4.78 is 17.2. The summed E-state index contributed by atoms with van der Waals surface area (Å²) in [5, 5.41) is 0. The number of carbonyl (C=O) groups excluding carboxylic acids is 1. The first-order valence-electron chi connectivity index (χ1n) is 8.21. The van der Waals surface area contributed by atoms with Gasteiger partial charge in [-0.1, -0.05) is 6.07 Å². The van der Waals surface area contributed by atoms with Crippen LogP contribution in [0.1, 0.15) is 29.0 Å². The van der Waals surface area contributed by atoms with E-state index in [4.69, 9.17) is 13.9 Å². The largest absolute Gasteiger partial charge is 0.459 e. The Balaban J connectivity index is 1.32. The Labute approximate surface area is 140 Å². The number of aromatic nitrogens is 1. The fraction of sp³-hybridized carbons (Fsp3) is 0.444. The Kier molecular flexibility index (Phi) is 4.08. The fourth-order valence-electron chi connectivity index (χ4n) is 3.47. The van der Waals surface area contributed by atoms with E-state index in [1.807, 2.05) is 23.2 Å². The van der Waals surface area contributed by atoms with Gasteiger partial charge in [0.1, 0.15) is 0 Å². The van der Waals surface area contributed by atoms with Gasteiger partial charge in [0.15, 0.2) is 5.76 Å². The Morgan fingerprint density at radius 2 is 2.38 bits per heavy atom. The van der Waals surface area contributed by atoms with Crippen molar-refractivity contribution in [3.63, 3.8) is 0 Å². The number of ether oxygens (including phenoxy) is 2. The molecule has 2 fully saturated rings. The van der Waals surface area contributed by atoms with Crippen LogP contribution in [0.15, 0.2) is 47.3 Å². The lowest BCUT2D eigenvalue weighted by molar-refractivity contribution is 0.0000820. The van der Waals surface area contributed by atoms with Crippen molar-refractivity contribution in [1.82, 2.24) is 9.88 Å². The zero-order valence-electron chi connectivity index (χ0n) is 13.4. The molecule has 24 heavy (non-hydrogen) atoms. The first kappa shape index (κ1) is 15.4. The number of hydrogen-bond donors (Lipinski definition) is 0. The summed E-state index contributed by atoms with van der Waals surface area (Å²) in [5.41, 5.74) is 0.779. The highest BCUT2D eigenvalue weighted by molar-refractivity contribution is 5.91. The quantitative estimate of drug-likeness (QED) is 0.861. The molecule has 0 saturated carbocycles. The molecule has 6 nitrogen and oxygen atoms in total. The normalized spacial score (nSPS) is 26.3. The minimum absolute atomic E-state index is 0.0591. The van der Waals surface area contributed by atoms with E-state index < -0.39 is 0 Å². The molecule has 126 valence electrons.